The summed E-state index contributed by atoms with van der Waals surface area (Å²) in [4.78, 5) is 0. The van der Waals surface area contributed by atoms with Crippen LogP contribution in [0.2, 0.25) is 0 Å². The van der Waals surface area contributed by atoms with Gasteiger partial charge in [-0.15, -0.1) is 0 Å². The zero-order chi connectivity index (χ0) is 11.0. The monoisotopic (exact) mass is 204 g/mol. The second-order valence-electron chi connectivity index (χ2n) is 5.71. The third-order valence-electron chi connectivity index (χ3n) is 3.93. The molecule has 2 rings (SSSR count). The fourth-order valence-corrected chi connectivity index (χ4v) is 3.24. The van der Waals surface area contributed by atoms with Crippen LogP contribution in [-0.4, -0.2) is 0 Å². The molecule has 2 aliphatic rings. The smallest absolute Gasteiger partial charge is 0.00939 e. The lowest BCUT2D eigenvalue weighted by molar-refractivity contribution is 0.660. The lowest BCUT2D eigenvalue weighted by Crippen LogP contribution is -2.03. The largest absolute Gasteiger partial charge is 0.0626 e. The molecule has 2 aliphatic carbocycles. The lowest BCUT2D eigenvalue weighted by Gasteiger charge is -2.19. The first-order chi connectivity index (χ1) is 7.11. The van der Waals surface area contributed by atoms with E-state index in [1.165, 1.54) is 32.1 Å². The van der Waals surface area contributed by atoms with Crippen LogP contribution < -0.4 is 0 Å². The summed E-state index contributed by atoms with van der Waals surface area (Å²) < 4.78 is 0. The fraction of sp³-hybridized carbons (Fsp3) is 0.733. The highest BCUT2D eigenvalue weighted by Gasteiger charge is 2.28. The molecule has 0 aromatic rings. The minimum atomic E-state index is 0.730. The zero-order valence-electron chi connectivity index (χ0n) is 10.7. The quantitative estimate of drug-likeness (QED) is 0.602. The average Bonchev–Trinajstić information content (AvgIpc) is 2.56. The van der Waals surface area contributed by atoms with Crippen LogP contribution in [0, 0.1) is 11.8 Å². The van der Waals surface area contributed by atoms with E-state index in [0.29, 0.717) is 0 Å². The van der Waals surface area contributed by atoms with Gasteiger partial charge in [0.25, 0.3) is 0 Å². The minimum Gasteiger partial charge on any atom is -0.0626 e. The van der Waals surface area contributed by atoms with E-state index >= 15 is 0 Å². The molecule has 0 unspecified atom stereocenters. The van der Waals surface area contributed by atoms with Gasteiger partial charge in [-0.3, -0.25) is 0 Å². The summed E-state index contributed by atoms with van der Waals surface area (Å²) >= 11 is 0. The van der Waals surface area contributed by atoms with Gasteiger partial charge in [-0.05, 0) is 55.1 Å². The highest BCUT2D eigenvalue weighted by molar-refractivity contribution is 5.49. The van der Waals surface area contributed by atoms with Crippen molar-refractivity contribution in [3.05, 3.63) is 22.3 Å². The first kappa shape index (κ1) is 11.0. The predicted molar refractivity (Wildman–Crippen MR) is 66.8 cm³/mol. The fourth-order valence-electron chi connectivity index (χ4n) is 3.24. The van der Waals surface area contributed by atoms with E-state index in [0.717, 1.165) is 11.8 Å². The van der Waals surface area contributed by atoms with Crippen LogP contribution >= 0.6 is 0 Å². The molecule has 0 nitrogen and oxygen atoms in total. The number of hydrogen-bond acceptors (Lipinski definition) is 0. The minimum absolute atomic E-state index is 0.730. The highest BCUT2D eigenvalue weighted by Crippen LogP contribution is 2.45. The Labute approximate surface area is 94.5 Å². The molecule has 0 radical (unpaired) electrons. The van der Waals surface area contributed by atoms with Crippen LogP contribution in [0.25, 0.3) is 0 Å². The maximum atomic E-state index is 2.36. The Kier molecular flexibility index (Phi) is 3.04. The van der Waals surface area contributed by atoms with Crippen LogP contribution in [-0.2, 0) is 0 Å². The van der Waals surface area contributed by atoms with Crippen LogP contribution in [0.4, 0.5) is 0 Å². The van der Waals surface area contributed by atoms with Crippen molar-refractivity contribution in [3.63, 3.8) is 0 Å². The molecule has 0 atom stereocenters. The zero-order valence-corrected chi connectivity index (χ0v) is 10.7. The number of allylic oxidation sites excluding steroid dienone is 4. The Morgan fingerprint density at radius 2 is 1.53 bits per heavy atom. The molecular formula is C15H24. The topological polar surface area (TPSA) is 0 Å². The van der Waals surface area contributed by atoms with E-state index < -0.39 is 0 Å². The third kappa shape index (κ3) is 1.91. The lowest BCUT2D eigenvalue weighted by atomic mass is 9.86. The molecule has 0 amide bonds. The molecule has 84 valence electrons. The van der Waals surface area contributed by atoms with Crippen molar-refractivity contribution in [1.29, 1.82) is 0 Å². The molecular weight excluding hydrogens is 180 g/mol. The van der Waals surface area contributed by atoms with Crippen molar-refractivity contribution in [2.45, 2.75) is 59.8 Å². The van der Waals surface area contributed by atoms with Gasteiger partial charge in [-0.2, -0.15) is 0 Å². The van der Waals surface area contributed by atoms with Crippen LogP contribution in [0.1, 0.15) is 59.8 Å². The van der Waals surface area contributed by atoms with E-state index in [1.807, 2.05) is 0 Å². The van der Waals surface area contributed by atoms with Gasteiger partial charge in [-0.1, -0.05) is 38.8 Å². The van der Waals surface area contributed by atoms with E-state index in [-0.39, 0.29) is 0 Å². The Morgan fingerprint density at radius 1 is 0.867 bits per heavy atom. The van der Waals surface area contributed by atoms with Crippen LogP contribution in [0.3, 0.4) is 0 Å². The van der Waals surface area contributed by atoms with Gasteiger partial charge in [0.2, 0.25) is 0 Å². The van der Waals surface area contributed by atoms with Crippen LogP contribution in [0.15, 0.2) is 22.3 Å². The Balaban J connectivity index is 2.36. The van der Waals surface area contributed by atoms with Gasteiger partial charge < -0.3 is 0 Å². The van der Waals surface area contributed by atoms with E-state index in [2.05, 4.69) is 27.7 Å². The van der Waals surface area contributed by atoms with Crippen molar-refractivity contribution in [3.8, 4) is 0 Å². The maximum Gasteiger partial charge on any atom is -0.00939 e. The molecule has 0 saturated heterocycles. The molecule has 0 saturated carbocycles. The molecule has 0 aromatic carbocycles. The summed E-state index contributed by atoms with van der Waals surface area (Å²) in [7, 11) is 0. The highest BCUT2D eigenvalue weighted by atomic mass is 14.3. The standard InChI is InChI=1S/C15H24/c1-10(2)14-9-12-7-5-6-8-13(12)15(14)11(3)4/h10-11H,5-9H2,1-4H3. The summed E-state index contributed by atoms with van der Waals surface area (Å²) in [5, 5.41) is 0. The van der Waals surface area contributed by atoms with Gasteiger partial charge in [0.05, 0.1) is 0 Å². The summed E-state index contributed by atoms with van der Waals surface area (Å²) in [6.45, 7) is 9.44. The molecule has 0 N–H and O–H groups in total. The van der Waals surface area contributed by atoms with E-state index in [1.54, 1.807) is 22.3 Å². The molecule has 0 bridgehead atoms. The van der Waals surface area contributed by atoms with E-state index in [4.69, 9.17) is 0 Å². The molecule has 0 spiro atoms. The second-order valence-corrected chi connectivity index (χ2v) is 5.71. The summed E-state index contributed by atoms with van der Waals surface area (Å²) in [6.07, 6.45) is 6.89. The molecule has 15 heavy (non-hydrogen) atoms. The molecule has 0 heteroatoms. The first-order valence-corrected chi connectivity index (χ1v) is 6.55. The van der Waals surface area contributed by atoms with Gasteiger partial charge in [0.15, 0.2) is 0 Å². The molecule has 0 aliphatic heterocycles. The molecule has 0 heterocycles. The van der Waals surface area contributed by atoms with Gasteiger partial charge in [0, 0.05) is 0 Å². The Hall–Kier alpha value is -0.520. The molecule has 0 fully saturated rings. The van der Waals surface area contributed by atoms with Gasteiger partial charge in [0.1, 0.15) is 0 Å². The van der Waals surface area contributed by atoms with Crippen molar-refractivity contribution >= 4 is 0 Å². The Morgan fingerprint density at radius 3 is 2.13 bits per heavy atom. The van der Waals surface area contributed by atoms with Crippen LogP contribution in [0.5, 0.6) is 0 Å². The van der Waals surface area contributed by atoms with E-state index in [9.17, 15) is 0 Å². The summed E-state index contributed by atoms with van der Waals surface area (Å²) in [6, 6.07) is 0. The van der Waals surface area contributed by atoms with Crippen molar-refractivity contribution in [2.75, 3.05) is 0 Å². The second kappa shape index (κ2) is 4.15. The van der Waals surface area contributed by atoms with Crippen molar-refractivity contribution in [1.82, 2.24) is 0 Å². The third-order valence-corrected chi connectivity index (χ3v) is 3.93. The molecule has 0 aromatic heterocycles. The predicted octanol–water partition coefficient (Wildman–Crippen LogP) is 4.87. The van der Waals surface area contributed by atoms with Crippen molar-refractivity contribution < 1.29 is 0 Å². The maximum absolute atomic E-state index is 2.36. The number of hydrogen-bond donors (Lipinski definition) is 0. The van der Waals surface area contributed by atoms with Crippen molar-refractivity contribution in [2.24, 2.45) is 11.8 Å². The van der Waals surface area contributed by atoms with Gasteiger partial charge in [-0.25, -0.2) is 0 Å². The Bertz CT molecular complexity index is 313. The number of rotatable bonds is 2. The summed E-state index contributed by atoms with van der Waals surface area (Å²) in [5.41, 5.74) is 7.03. The summed E-state index contributed by atoms with van der Waals surface area (Å²) in [5.74, 6) is 1.47. The average molecular weight is 204 g/mol. The normalized spacial score (nSPS) is 22.0. The van der Waals surface area contributed by atoms with Gasteiger partial charge >= 0.3 is 0 Å². The first-order valence-electron chi connectivity index (χ1n) is 6.55. The SMILES string of the molecule is CC(C)C1=C(C(C)C)C2=C(CCCC2)C1.